The van der Waals surface area contributed by atoms with Crippen molar-refractivity contribution >= 4 is 23.2 Å². The van der Waals surface area contributed by atoms with Crippen LogP contribution in [0, 0.1) is 0 Å². The number of amides is 1. The molecule has 0 saturated carbocycles. The third-order valence-electron chi connectivity index (χ3n) is 2.97. The molecule has 0 aliphatic carbocycles. The maximum absolute atomic E-state index is 12.3. The summed E-state index contributed by atoms with van der Waals surface area (Å²) < 4.78 is 0. The van der Waals surface area contributed by atoms with E-state index >= 15 is 0 Å². The first-order valence-electron chi connectivity index (χ1n) is 6.19. The van der Waals surface area contributed by atoms with Crippen molar-refractivity contribution in [2.24, 2.45) is 0 Å². The number of carbonyl (C=O) groups is 1. The summed E-state index contributed by atoms with van der Waals surface area (Å²) in [5, 5.41) is 19.4. The lowest BCUT2D eigenvalue weighted by atomic mass is 10.1. The molecule has 110 valence electrons. The summed E-state index contributed by atoms with van der Waals surface area (Å²) in [5.41, 5.74) is 7.17. The zero-order valence-electron chi connectivity index (χ0n) is 11.4. The van der Waals surface area contributed by atoms with Crippen molar-refractivity contribution in [1.29, 1.82) is 0 Å². The highest BCUT2D eigenvalue weighted by Gasteiger charge is 2.15. The fourth-order valence-electron chi connectivity index (χ4n) is 1.98. The Bertz CT molecular complexity index is 668. The zero-order valence-corrected chi connectivity index (χ0v) is 12.1. The van der Waals surface area contributed by atoms with Crippen LogP contribution in [0.5, 0.6) is 11.5 Å². The first kappa shape index (κ1) is 15.0. The highest BCUT2D eigenvalue weighted by Crippen LogP contribution is 2.23. The molecule has 2 aromatic rings. The summed E-state index contributed by atoms with van der Waals surface area (Å²) in [7, 11) is 1.60. The van der Waals surface area contributed by atoms with E-state index in [4.69, 9.17) is 17.3 Å². The molecule has 0 radical (unpaired) electrons. The third kappa shape index (κ3) is 3.58. The van der Waals surface area contributed by atoms with Gasteiger partial charge < -0.3 is 20.8 Å². The van der Waals surface area contributed by atoms with Crippen LogP contribution in [0.4, 0.5) is 5.69 Å². The third-order valence-corrected chi connectivity index (χ3v) is 3.34. The topological polar surface area (TPSA) is 86.8 Å². The highest BCUT2D eigenvalue weighted by molar-refractivity contribution is 6.31. The van der Waals surface area contributed by atoms with Crippen LogP contribution >= 0.6 is 11.6 Å². The number of halogens is 1. The first-order chi connectivity index (χ1) is 9.86. The molecular formula is C15H15ClN2O3. The normalized spacial score (nSPS) is 10.4. The Morgan fingerprint density at radius 3 is 2.43 bits per heavy atom. The molecule has 0 spiro atoms. The molecule has 1 amide bonds. The summed E-state index contributed by atoms with van der Waals surface area (Å²) in [6.45, 7) is 0.263. The van der Waals surface area contributed by atoms with Gasteiger partial charge in [-0.1, -0.05) is 11.6 Å². The average molecular weight is 307 g/mol. The molecule has 0 aliphatic heterocycles. The van der Waals surface area contributed by atoms with Crippen LogP contribution < -0.4 is 5.73 Å². The van der Waals surface area contributed by atoms with Crippen molar-refractivity contribution < 1.29 is 15.0 Å². The molecule has 2 aromatic carbocycles. The number of nitrogens with two attached hydrogens (primary N) is 1. The maximum Gasteiger partial charge on any atom is 0.254 e. The highest BCUT2D eigenvalue weighted by atomic mass is 35.5. The molecule has 0 fully saturated rings. The molecule has 0 aromatic heterocycles. The van der Waals surface area contributed by atoms with Gasteiger partial charge in [0.2, 0.25) is 0 Å². The quantitative estimate of drug-likeness (QED) is 0.761. The predicted octanol–water partition coefficient (Wildman–Crippen LogP) is 2.61. The largest absolute Gasteiger partial charge is 0.508 e. The lowest BCUT2D eigenvalue weighted by Crippen LogP contribution is -2.26. The number of phenols is 2. The van der Waals surface area contributed by atoms with E-state index in [-0.39, 0.29) is 29.5 Å². The molecular weight excluding hydrogens is 292 g/mol. The van der Waals surface area contributed by atoms with Crippen molar-refractivity contribution in [3.8, 4) is 11.5 Å². The average Bonchev–Trinajstić information content (AvgIpc) is 2.41. The number of hydrogen-bond donors (Lipinski definition) is 3. The molecule has 0 unspecified atom stereocenters. The van der Waals surface area contributed by atoms with Gasteiger partial charge in [0.1, 0.15) is 11.5 Å². The molecule has 0 bridgehead atoms. The van der Waals surface area contributed by atoms with Crippen LogP contribution in [0.25, 0.3) is 0 Å². The Morgan fingerprint density at radius 1 is 1.19 bits per heavy atom. The van der Waals surface area contributed by atoms with E-state index < -0.39 is 0 Å². The summed E-state index contributed by atoms with van der Waals surface area (Å²) in [6.07, 6.45) is 0. The Morgan fingerprint density at radius 2 is 1.81 bits per heavy atom. The second kappa shape index (κ2) is 5.93. The van der Waals surface area contributed by atoms with Gasteiger partial charge in [-0.2, -0.15) is 0 Å². The van der Waals surface area contributed by atoms with Crippen molar-refractivity contribution in [2.75, 3.05) is 12.8 Å². The van der Waals surface area contributed by atoms with Gasteiger partial charge in [0, 0.05) is 35.9 Å². The number of nitrogens with zero attached hydrogens (tertiary/aromatic N) is 1. The van der Waals surface area contributed by atoms with Gasteiger partial charge >= 0.3 is 0 Å². The minimum atomic E-state index is -0.348. The zero-order chi connectivity index (χ0) is 15.6. The summed E-state index contributed by atoms with van der Waals surface area (Å²) in [4.78, 5) is 13.7. The first-order valence-corrected chi connectivity index (χ1v) is 6.57. The van der Waals surface area contributed by atoms with Gasteiger partial charge in [0.15, 0.2) is 0 Å². The second-order valence-corrected chi connectivity index (χ2v) is 5.16. The minimum Gasteiger partial charge on any atom is -0.508 e. The molecule has 21 heavy (non-hydrogen) atoms. The van der Waals surface area contributed by atoms with E-state index in [2.05, 4.69) is 0 Å². The molecule has 6 heteroatoms. The number of anilines is 1. The van der Waals surface area contributed by atoms with E-state index in [1.54, 1.807) is 25.2 Å². The Balaban J connectivity index is 2.21. The van der Waals surface area contributed by atoms with Crippen LogP contribution in [0.1, 0.15) is 15.9 Å². The van der Waals surface area contributed by atoms with Gasteiger partial charge in [-0.25, -0.2) is 0 Å². The van der Waals surface area contributed by atoms with E-state index in [0.29, 0.717) is 10.7 Å². The van der Waals surface area contributed by atoms with Crippen molar-refractivity contribution in [2.45, 2.75) is 6.54 Å². The Hall–Kier alpha value is -2.40. The van der Waals surface area contributed by atoms with E-state index in [0.717, 1.165) is 11.6 Å². The molecule has 0 heterocycles. The molecule has 2 rings (SSSR count). The van der Waals surface area contributed by atoms with Gasteiger partial charge in [0.25, 0.3) is 5.91 Å². The SMILES string of the molecule is CN(Cc1cc(N)ccc1Cl)C(=O)c1cc(O)cc(O)c1. The van der Waals surface area contributed by atoms with Crippen molar-refractivity contribution in [3.63, 3.8) is 0 Å². The lowest BCUT2D eigenvalue weighted by Gasteiger charge is -2.18. The van der Waals surface area contributed by atoms with E-state index in [1.807, 2.05) is 0 Å². The van der Waals surface area contributed by atoms with Crippen LogP contribution in [0.2, 0.25) is 5.02 Å². The van der Waals surface area contributed by atoms with Gasteiger partial charge in [-0.15, -0.1) is 0 Å². The maximum atomic E-state index is 12.3. The second-order valence-electron chi connectivity index (χ2n) is 4.75. The van der Waals surface area contributed by atoms with Gasteiger partial charge in [-0.05, 0) is 35.9 Å². The fourth-order valence-corrected chi connectivity index (χ4v) is 2.16. The number of carbonyl (C=O) groups excluding carboxylic acids is 1. The monoisotopic (exact) mass is 306 g/mol. The molecule has 5 nitrogen and oxygen atoms in total. The van der Waals surface area contributed by atoms with Gasteiger partial charge in [-0.3, -0.25) is 4.79 Å². The fraction of sp³-hybridized carbons (Fsp3) is 0.133. The number of phenolic OH excluding ortho intramolecular Hbond substituents is 2. The van der Waals surface area contributed by atoms with Gasteiger partial charge in [0.05, 0.1) is 0 Å². The Labute approximate surface area is 127 Å². The van der Waals surface area contributed by atoms with Crippen LogP contribution in [-0.2, 0) is 6.54 Å². The Kier molecular flexibility index (Phi) is 4.23. The van der Waals surface area contributed by atoms with Crippen LogP contribution in [0.3, 0.4) is 0 Å². The standard InChI is InChI=1S/C15H15ClN2O3/c1-18(8-10-4-11(17)2-3-14(10)16)15(21)9-5-12(19)7-13(20)6-9/h2-7,19-20H,8,17H2,1H3. The van der Waals surface area contributed by atoms with E-state index in [9.17, 15) is 15.0 Å². The number of nitrogen functional groups attached to an aromatic ring is 1. The lowest BCUT2D eigenvalue weighted by molar-refractivity contribution is 0.0784. The molecule has 0 saturated heterocycles. The summed E-state index contributed by atoms with van der Waals surface area (Å²) in [5.74, 6) is -0.692. The van der Waals surface area contributed by atoms with Crippen molar-refractivity contribution in [3.05, 3.63) is 52.5 Å². The summed E-state index contributed by atoms with van der Waals surface area (Å²) >= 11 is 6.07. The number of benzene rings is 2. The van der Waals surface area contributed by atoms with Crippen molar-refractivity contribution in [1.82, 2.24) is 4.90 Å². The smallest absolute Gasteiger partial charge is 0.254 e. The van der Waals surface area contributed by atoms with Crippen LogP contribution in [-0.4, -0.2) is 28.1 Å². The number of aromatic hydroxyl groups is 2. The predicted molar refractivity (Wildman–Crippen MR) is 81.4 cm³/mol. The number of rotatable bonds is 3. The molecule has 4 N–H and O–H groups in total. The van der Waals surface area contributed by atoms with E-state index in [1.165, 1.54) is 17.0 Å². The van der Waals surface area contributed by atoms with Crippen LogP contribution in [0.15, 0.2) is 36.4 Å². The molecule has 0 atom stereocenters. The minimum absolute atomic E-state index is 0.172. The summed E-state index contributed by atoms with van der Waals surface area (Å²) in [6, 6.07) is 8.79. The molecule has 0 aliphatic rings. The number of hydrogen-bond acceptors (Lipinski definition) is 4.